The van der Waals surface area contributed by atoms with Crippen molar-refractivity contribution in [2.75, 3.05) is 18.0 Å². The van der Waals surface area contributed by atoms with E-state index in [-0.39, 0.29) is 6.04 Å². The van der Waals surface area contributed by atoms with Gasteiger partial charge in [0.15, 0.2) is 0 Å². The van der Waals surface area contributed by atoms with Crippen molar-refractivity contribution in [2.24, 2.45) is 0 Å². The minimum absolute atomic E-state index is 0.210. The van der Waals surface area contributed by atoms with Crippen LogP contribution in [0.4, 0.5) is 5.95 Å². The zero-order valence-corrected chi connectivity index (χ0v) is 16.4. The Morgan fingerprint density at radius 3 is 2.50 bits per heavy atom. The summed E-state index contributed by atoms with van der Waals surface area (Å²) in [5.41, 5.74) is 3.44. The van der Waals surface area contributed by atoms with Crippen LogP contribution < -0.4 is 10.2 Å². The minimum Gasteiger partial charge on any atom is -0.341 e. The highest BCUT2D eigenvalue weighted by atomic mass is 15.3. The van der Waals surface area contributed by atoms with E-state index in [1.54, 1.807) is 0 Å². The summed E-state index contributed by atoms with van der Waals surface area (Å²) in [5.74, 6) is 0.893. The van der Waals surface area contributed by atoms with Gasteiger partial charge >= 0.3 is 0 Å². The Bertz CT molecular complexity index is 687. The van der Waals surface area contributed by atoms with E-state index in [9.17, 15) is 0 Å². The first-order chi connectivity index (χ1) is 12.7. The fourth-order valence-electron chi connectivity index (χ4n) is 3.54. The molecule has 26 heavy (non-hydrogen) atoms. The number of nitrogens with one attached hydrogen (secondary N) is 1. The van der Waals surface area contributed by atoms with E-state index in [0.29, 0.717) is 0 Å². The van der Waals surface area contributed by atoms with Gasteiger partial charge in [-0.3, -0.25) is 4.68 Å². The Labute approximate surface area is 157 Å². The highest BCUT2D eigenvalue weighted by Gasteiger charge is 2.15. The lowest BCUT2D eigenvalue weighted by Gasteiger charge is -2.25. The van der Waals surface area contributed by atoms with Gasteiger partial charge in [0.2, 0.25) is 5.95 Å². The summed E-state index contributed by atoms with van der Waals surface area (Å²) in [7, 11) is 0. The third kappa shape index (κ3) is 4.81. The van der Waals surface area contributed by atoms with Crippen molar-refractivity contribution in [1.29, 1.82) is 0 Å². The van der Waals surface area contributed by atoms with E-state index >= 15 is 0 Å². The van der Waals surface area contributed by atoms with Crippen molar-refractivity contribution in [2.45, 2.75) is 72.0 Å². The largest absolute Gasteiger partial charge is 0.341 e. The molecule has 1 saturated heterocycles. The van der Waals surface area contributed by atoms with E-state index in [1.807, 2.05) is 17.1 Å². The topological polar surface area (TPSA) is 58.9 Å². The fraction of sp³-hybridized carbons (Fsp3) is 0.650. The van der Waals surface area contributed by atoms with Crippen LogP contribution in [-0.2, 0) is 13.1 Å². The van der Waals surface area contributed by atoms with Crippen LogP contribution in [0.25, 0.3) is 0 Å². The van der Waals surface area contributed by atoms with Crippen LogP contribution in [0.5, 0.6) is 0 Å². The van der Waals surface area contributed by atoms with Crippen LogP contribution in [0.2, 0.25) is 0 Å². The molecule has 3 rings (SSSR count). The van der Waals surface area contributed by atoms with Crippen LogP contribution in [0.1, 0.15) is 68.8 Å². The Hall–Kier alpha value is -1.95. The monoisotopic (exact) mass is 356 g/mol. The van der Waals surface area contributed by atoms with Gasteiger partial charge in [0.05, 0.1) is 6.20 Å². The van der Waals surface area contributed by atoms with E-state index in [4.69, 9.17) is 4.98 Å². The van der Waals surface area contributed by atoms with Gasteiger partial charge in [-0.2, -0.15) is 5.10 Å². The molecular formula is C20H32N6. The minimum atomic E-state index is 0.210. The number of anilines is 1. The van der Waals surface area contributed by atoms with Gasteiger partial charge in [0.1, 0.15) is 0 Å². The van der Waals surface area contributed by atoms with Crippen LogP contribution in [0.3, 0.4) is 0 Å². The summed E-state index contributed by atoms with van der Waals surface area (Å²) in [5, 5.41) is 7.89. The van der Waals surface area contributed by atoms with Crippen LogP contribution in [-0.4, -0.2) is 32.8 Å². The summed E-state index contributed by atoms with van der Waals surface area (Å²) >= 11 is 0. The van der Waals surface area contributed by atoms with E-state index in [0.717, 1.165) is 37.8 Å². The molecule has 1 unspecified atom stereocenters. The van der Waals surface area contributed by atoms with Gasteiger partial charge in [-0.1, -0.05) is 19.3 Å². The summed E-state index contributed by atoms with van der Waals surface area (Å²) in [4.78, 5) is 11.9. The van der Waals surface area contributed by atoms with Crippen molar-refractivity contribution in [3.8, 4) is 0 Å². The second kappa shape index (κ2) is 9.12. The Morgan fingerprint density at radius 2 is 1.85 bits per heavy atom. The summed E-state index contributed by atoms with van der Waals surface area (Å²) in [6.45, 7) is 10.2. The molecule has 0 aliphatic carbocycles. The van der Waals surface area contributed by atoms with Gasteiger partial charge in [0.25, 0.3) is 0 Å². The molecule has 0 aromatic carbocycles. The lowest BCUT2D eigenvalue weighted by Crippen LogP contribution is -2.29. The first-order valence-electron chi connectivity index (χ1n) is 10.0. The second-order valence-corrected chi connectivity index (χ2v) is 7.27. The molecule has 6 nitrogen and oxygen atoms in total. The molecule has 0 radical (unpaired) electrons. The smallest absolute Gasteiger partial charge is 0.225 e. The summed E-state index contributed by atoms with van der Waals surface area (Å²) in [6, 6.07) is 0.210. The predicted octanol–water partition coefficient (Wildman–Crippen LogP) is 3.62. The number of rotatable bonds is 6. The van der Waals surface area contributed by atoms with Gasteiger partial charge < -0.3 is 10.2 Å². The van der Waals surface area contributed by atoms with Crippen LogP contribution >= 0.6 is 0 Å². The van der Waals surface area contributed by atoms with Crippen molar-refractivity contribution >= 4 is 5.95 Å². The van der Waals surface area contributed by atoms with Crippen LogP contribution in [0, 0.1) is 6.92 Å². The molecule has 1 atom stereocenters. The maximum absolute atomic E-state index is 4.82. The molecule has 6 heteroatoms. The lowest BCUT2D eigenvalue weighted by molar-refractivity contribution is 0.546. The molecule has 2 aromatic rings. The zero-order chi connectivity index (χ0) is 18.4. The molecule has 0 bridgehead atoms. The Balaban J connectivity index is 1.62. The molecule has 2 aromatic heterocycles. The fourth-order valence-corrected chi connectivity index (χ4v) is 3.54. The zero-order valence-electron chi connectivity index (χ0n) is 16.4. The average molecular weight is 357 g/mol. The number of hydrogen-bond donors (Lipinski definition) is 1. The molecule has 1 aliphatic rings. The van der Waals surface area contributed by atoms with Crippen molar-refractivity contribution in [1.82, 2.24) is 25.1 Å². The lowest BCUT2D eigenvalue weighted by atomic mass is 10.1. The third-order valence-electron chi connectivity index (χ3n) is 5.23. The summed E-state index contributed by atoms with van der Waals surface area (Å²) in [6.07, 6.45) is 12.5. The molecule has 142 valence electrons. The highest BCUT2D eigenvalue weighted by molar-refractivity contribution is 5.34. The molecule has 1 fully saturated rings. The van der Waals surface area contributed by atoms with E-state index in [1.165, 1.54) is 43.2 Å². The maximum Gasteiger partial charge on any atom is 0.225 e. The van der Waals surface area contributed by atoms with Crippen molar-refractivity contribution in [3.05, 3.63) is 35.4 Å². The van der Waals surface area contributed by atoms with Crippen molar-refractivity contribution in [3.63, 3.8) is 0 Å². The average Bonchev–Trinajstić information content (AvgIpc) is 3.07. The number of aromatic nitrogens is 4. The quantitative estimate of drug-likeness (QED) is 0.856. The van der Waals surface area contributed by atoms with E-state index < -0.39 is 0 Å². The molecule has 0 amide bonds. The second-order valence-electron chi connectivity index (χ2n) is 7.27. The SMILES string of the molecule is CCn1cc(CNC(C)c2cnc(N3CCCCCCC3)nc2C)cn1. The Morgan fingerprint density at radius 1 is 1.12 bits per heavy atom. The van der Waals surface area contributed by atoms with Gasteiger partial charge in [0, 0.05) is 61.4 Å². The van der Waals surface area contributed by atoms with Crippen LogP contribution in [0.15, 0.2) is 18.6 Å². The molecule has 1 aliphatic heterocycles. The van der Waals surface area contributed by atoms with Crippen molar-refractivity contribution < 1.29 is 0 Å². The predicted molar refractivity (Wildman–Crippen MR) is 105 cm³/mol. The Kier molecular flexibility index (Phi) is 6.61. The number of nitrogens with zero attached hydrogens (tertiary/aromatic N) is 5. The highest BCUT2D eigenvalue weighted by Crippen LogP contribution is 2.20. The first-order valence-corrected chi connectivity index (χ1v) is 10.0. The van der Waals surface area contributed by atoms with E-state index in [2.05, 4.69) is 47.3 Å². The first kappa shape index (κ1) is 18.8. The van der Waals surface area contributed by atoms with Gasteiger partial charge in [-0.25, -0.2) is 9.97 Å². The third-order valence-corrected chi connectivity index (χ3v) is 5.23. The standard InChI is InChI=1S/C20H32N6/c1-4-26-15-18(13-23-26)12-21-16(2)19-14-22-20(24-17(19)3)25-10-8-6-5-7-9-11-25/h13-16,21H,4-12H2,1-3H3. The molecule has 0 saturated carbocycles. The van der Waals surface area contributed by atoms with Gasteiger partial charge in [-0.15, -0.1) is 0 Å². The molecule has 3 heterocycles. The summed E-state index contributed by atoms with van der Waals surface area (Å²) < 4.78 is 1.95. The molecular weight excluding hydrogens is 324 g/mol. The molecule has 0 spiro atoms. The normalized spacial score (nSPS) is 17.0. The maximum atomic E-state index is 4.82. The number of aryl methyl sites for hydroxylation is 2. The number of hydrogen-bond acceptors (Lipinski definition) is 5. The molecule has 1 N–H and O–H groups in total. The van der Waals surface area contributed by atoms with Gasteiger partial charge in [-0.05, 0) is 33.6 Å².